The fraction of sp³-hybridized carbons (Fsp3) is 0.300. The number of hydrogen-bond acceptors (Lipinski definition) is 5. The van der Waals surface area contributed by atoms with Crippen LogP contribution in [-0.2, 0) is 25.8 Å². The van der Waals surface area contributed by atoms with Crippen molar-refractivity contribution in [3.05, 3.63) is 71.4 Å². The minimum absolute atomic E-state index is 0. The fourth-order valence-corrected chi connectivity index (χ4v) is 5.49. The number of halogens is 1. The van der Waals surface area contributed by atoms with Gasteiger partial charge in [-0.1, -0.05) is 12.1 Å². The summed E-state index contributed by atoms with van der Waals surface area (Å²) in [7, 11) is 7.54. The monoisotopic (exact) mass is 610 g/mol. The van der Waals surface area contributed by atoms with Gasteiger partial charge in [0.2, 0.25) is 12.5 Å². The Labute approximate surface area is 234 Å². The van der Waals surface area contributed by atoms with Crippen LogP contribution < -0.4 is 52.4 Å². The van der Waals surface area contributed by atoms with Crippen LogP contribution in [-0.4, -0.2) is 35.1 Å². The third-order valence-electron chi connectivity index (χ3n) is 7.36. The van der Waals surface area contributed by atoms with Crippen molar-refractivity contribution in [3.63, 3.8) is 0 Å². The molecule has 0 unspecified atom stereocenters. The van der Waals surface area contributed by atoms with Crippen LogP contribution in [0.15, 0.2) is 54.7 Å². The lowest BCUT2D eigenvalue weighted by Gasteiger charge is -2.21. The Balaban J connectivity index is 0.00000280. The van der Waals surface area contributed by atoms with Gasteiger partial charge in [0, 0.05) is 37.2 Å². The molecular formula is C30H31IN2O4. The summed E-state index contributed by atoms with van der Waals surface area (Å²) in [5.74, 6) is 3.19. The van der Waals surface area contributed by atoms with Crippen LogP contribution >= 0.6 is 0 Å². The van der Waals surface area contributed by atoms with E-state index in [-0.39, 0.29) is 30.8 Å². The van der Waals surface area contributed by atoms with E-state index >= 15 is 0 Å². The van der Waals surface area contributed by atoms with Crippen LogP contribution in [0, 0.1) is 0 Å². The summed E-state index contributed by atoms with van der Waals surface area (Å²) in [6.07, 6.45) is 4.99. The summed E-state index contributed by atoms with van der Waals surface area (Å²) in [4.78, 5) is 2.13. The van der Waals surface area contributed by atoms with E-state index in [1.54, 1.807) is 14.2 Å². The van der Waals surface area contributed by atoms with Gasteiger partial charge in [0.25, 0.3) is 0 Å². The number of aromatic nitrogens is 1. The average molecular weight is 610 g/mol. The Morgan fingerprint density at radius 3 is 2.35 bits per heavy atom. The lowest BCUT2D eigenvalue weighted by atomic mass is 9.89. The van der Waals surface area contributed by atoms with Crippen molar-refractivity contribution in [3.8, 4) is 34.3 Å². The first kappa shape index (κ1) is 25.4. The zero-order chi connectivity index (χ0) is 24.8. The van der Waals surface area contributed by atoms with Crippen LogP contribution in [0.1, 0.15) is 16.7 Å². The smallest absolute Gasteiger partial charge is 0.231 e. The number of aryl methyl sites for hydroxylation is 4. The van der Waals surface area contributed by atoms with Gasteiger partial charge >= 0.3 is 0 Å². The molecule has 3 heterocycles. The number of methoxy groups -OCH3 is 2. The second kappa shape index (κ2) is 10.3. The van der Waals surface area contributed by atoms with Gasteiger partial charge in [-0.3, -0.25) is 0 Å². The van der Waals surface area contributed by atoms with E-state index in [0.717, 1.165) is 54.2 Å². The van der Waals surface area contributed by atoms with Crippen LogP contribution in [0.5, 0.6) is 23.0 Å². The normalized spacial score (nSPS) is 13.0. The van der Waals surface area contributed by atoms with Crippen LogP contribution in [0.4, 0.5) is 5.69 Å². The van der Waals surface area contributed by atoms with Crippen molar-refractivity contribution in [1.29, 1.82) is 0 Å². The molecule has 0 spiro atoms. The second-order valence-corrected chi connectivity index (χ2v) is 9.59. The second-order valence-electron chi connectivity index (χ2n) is 9.59. The van der Waals surface area contributed by atoms with E-state index in [1.165, 1.54) is 39.0 Å². The minimum Gasteiger partial charge on any atom is -1.00 e. The van der Waals surface area contributed by atoms with Gasteiger partial charge in [-0.25, -0.2) is 0 Å². The predicted octanol–water partition coefficient (Wildman–Crippen LogP) is 1.95. The summed E-state index contributed by atoms with van der Waals surface area (Å²) in [5.41, 5.74) is 7.61. The van der Waals surface area contributed by atoms with E-state index < -0.39 is 0 Å². The van der Waals surface area contributed by atoms with Gasteiger partial charge in [-0.2, -0.15) is 4.57 Å². The molecular weight excluding hydrogens is 579 g/mol. The first-order valence-electron chi connectivity index (χ1n) is 12.4. The van der Waals surface area contributed by atoms with Gasteiger partial charge in [-0.15, -0.1) is 0 Å². The Morgan fingerprint density at radius 2 is 1.65 bits per heavy atom. The van der Waals surface area contributed by atoms with Gasteiger partial charge in [0.15, 0.2) is 35.7 Å². The van der Waals surface area contributed by atoms with Gasteiger partial charge in [0.1, 0.15) is 0 Å². The molecule has 2 aliphatic heterocycles. The summed E-state index contributed by atoms with van der Waals surface area (Å²) in [6, 6.07) is 17.3. The molecule has 0 N–H and O–H groups in total. The maximum Gasteiger partial charge on any atom is 0.231 e. The molecule has 6 rings (SSSR count). The molecule has 0 aliphatic carbocycles. The van der Waals surface area contributed by atoms with Crippen LogP contribution in [0.3, 0.4) is 0 Å². The molecule has 192 valence electrons. The number of ether oxygens (including phenoxy) is 4. The Kier molecular flexibility index (Phi) is 7.07. The van der Waals surface area contributed by atoms with Crippen molar-refractivity contribution in [2.75, 3.05) is 40.0 Å². The summed E-state index contributed by atoms with van der Waals surface area (Å²) >= 11 is 0. The van der Waals surface area contributed by atoms with Gasteiger partial charge < -0.3 is 47.8 Å². The fourth-order valence-electron chi connectivity index (χ4n) is 5.49. The molecule has 0 saturated carbocycles. The summed E-state index contributed by atoms with van der Waals surface area (Å²) in [6.45, 7) is 1.17. The van der Waals surface area contributed by atoms with E-state index in [0.29, 0.717) is 0 Å². The topological polar surface area (TPSA) is 44.0 Å². The highest BCUT2D eigenvalue weighted by Gasteiger charge is 2.32. The van der Waals surface area contributed by atoms with Crippen LogP contribution in [0.2, 0.25) is 0 Å². The largest absolute Gasteiger partial charge is 1.00 e. The maximum absolute atomic E-state index is 5.84. The van der Waals surface area contributed by atoms with Crippen molar-refractivity contribution in [1.82, 2.24) is 0 Å². The molecule has 0 atom stereocenters. The standard InChI is InChI=1S/C30H31N2O4.HI/c1-31(2)21-8-5-19(6-9-21)7-10-23-22-11-12-26(33-3)30(34-4)25(22)17-32-14-13-20-15-27-28(36-18-35-27)16-24(20)29(23)32;/h5-6,8-9,11-12,15-17H,7,10,13-14,18H2,1-4H3;1H/q+1;/p-1. The third kappa shape index (κ3) is 4.43. The van der Waals surface area contributed by atoms with E-state index in [9.17, 15) is 0 Å². The Hall–Kier alpha value is -3.20. The zero-order valence-electron chi connectivity index (χ0n) is 21.6. The number of benzene rings is 3. The highest BCUT2D eigenvalue weighted by atomic mass is 127. The van der Waals surface area contributed by atoms with Crippen molar-refractivity contribution >= 4 is 16.5 Å². The van der Waals surface area contributed by atoms with E-state index in [4.69, 9.17) is 18.9 Å². The van der Waals surface area contributed by atoms with Gasteiger partial charge in [-0.05, 0) is 60.4 Å². The number of fused-ring (bicyclic) bond motifs is 5. The molecule has 0 bridgehead atoms. The lowest BCUT2D eigenvalue weighted by molar-refractivity contribution is -0.686. The molecule has 6 nitrogen and oxygen atoms in total. The quantitative estimate of drug-likeness (QED) is 0.247. The molecule has 3 aromatic carbocycles. The third-order valence-corrected chi connectivity index (χ3v) is 7.36. The van der Waals surface area contributed by atoms with Gasteiger partial charge in [0.05, 0.1) is 25.2 Å². The van der Waals surface area contributed by atoms with Crippen molar-refractivity contribution in [2.24, 2.45) is 0 Å². The zero-order valence-corrected chi connectivity index (χ0v) is 23.8. The number of pyridine rings is 1. The highest BCUT2D eigenvalue weighted by Crippen LogP contribution is 2.43. The first-order chi connectivity index (χ1) is 17.6. The summed E-state index contributed by atoms with van der Waals surface area (Å²) < 4.78 is 25.3. The number of anilines is 1. The molecule has 4 aromatic rings. The molecule has 37 heavy (non-hydrogen) atoms. The maximum atomic E-state index is 5.84. The Bertz CT molecular complexity index is 1470. The Morgan fingerprint density at radius 1 is 0.892 bits per heavy atom. The highest BCUT2D eigenvalue weighted by molar-refractivity contribution is 5.95. The number of hydrogen-bond donors (Lipinski definition) is 0. The average Bonchev–Trinajstić information content (AvgIpc) is 3.36. The minimum atomic E-state index is 0. The molecule has 2 aliphatic rings. The lowest BCUT2D eigenvalue weighted by Crippen LogP contribution is -3.00. The molecule has 0 amide bonds. The number of rotatable bonds is 6. The summed E-state index contributed by atoms with van der Waals surface area (Å²) in [5, 5.41) is 2.26. The van der Waals surface area contributed by atoms with E-state index in [2.05, 4.69) is 72.2 Å². The molecule has 7 heteroatoms. The molecule has 0 fully saturated rings. The predicted molar refractivity (Wildman–Crippen MR) is 141 cm³/mol. The SMILES string of the molecule is COc1ccc2c(CCc3ccc(N(C)C)cc3)c3[n+](cc2c1OC)CCc1cc2c(cc1-3)OCO2.[I-]. The van der Waals surface area contributed by atoms with Crippen LogP contribution in [0.25, 0.3) is 22.0 Å². The molecule has 1 aromatic heterocycles. The number of nitrogens with zero attached hydrogens (tertiary/aromatic N) is 2. The first-order valence-corrected chi connectivity index (χ1v) is 12.4. The van der Waals surface area contributed by atoms with Crippen molar-refractivity contribution in [2.45, 2.75) is 25.8 Å². The van der Waals surface area contributed by atoms with E-state index in [1.807, 2.05) is 6.07 Å². The molecule has 0 radical (unpaired) electrons. The molecule has 0 saturated heterocycles. The van der Waals surface area contributed by atoms with Crippen molar-refractivity contribution < 1.29 is 47.5 Å².